The van der Waals surface area contributed by atoms with Gasteiger partial charge in [-0.25, -0.2) is 0 Å². The molecule has 0 spiro atoms. The summed E-state index contributed by atoms with van der Waals surface area (Å²) in [6.45, 7) is 4.23. The lowest BCUT2D eigenvalue weighted by atomic mass is 10.2. The molecule has 0 aliphatic carbocycles. The minimum atomic E-state index is -0.0966. The molecule has 1 saturated heterocycles. The monoisotopic (exact) mass is 301 g/mol. The van der Waals surface area contributed by atoms with E-state index in [-0.39, 0.29) is 11.9 Å². The summed E-state index contributed by atoms with van der Waals surface area (Å²) in [5, 5.41) is 10.2. The van der Waals surface area contributed by atoms with Crippen LogP contribution >= 0.6 is 0 Å². The largest absolute Gasteiger partial charge is 0.334 e. The Bertz CT molecular complexity index is 652. The van der Waals surface area contributed by atoms with E-state index in [2.05, 4.69) is 32.7 Å². The van der Waals surface area contributed by atoms with Gasteiger partial charge in [-0.3, -0.25) is 9.69 Å². The Labute approximate surface area is 128 Å². The Kier molecular flexibility index (Phi) is 4.17. The van der Waals surface area contributed by atoms with Gasteiger partial charge in [-0.15, -0.1) is 0 Å². The van der Waals surface area contributed by atoms with Crippen molar-refractivity contribution in [3.8, 4) is 11.5 Å². The standard InChI is InChI=1S/C15H19N5O2/c1-10(21)17-12-5-3-11(4-6-12)15-18-14(19-22-15)13-9-16-7-8-20(13)2/h3-6,13,16H,7-9H2,1-2H3,(H,17,21). The van der Waals surface area contributed by atoms with Crippen molar-refractivity contribution in [3.63, 3.8) is 0 Å². The number of anilines is 1. The average molecular weight is 301 g/mol. The highest BCUT2D eigenvalue weighted by atomic mass is 16.5. The molecule has 22 heavy (non-hydrogen) atoms. The van der Waals surface area contributed by atoms with Gasteiger partial charge in [0.05, 0.1) is 6.04 Å². The maximum Gasteiger partial charge on any atom is 0.257 e. The second-order valence-electron chi connectivity index (χ2n) is 5.42. The highest BCUT2D eigenvalue weighted by Crippen LogP contribution is 2.23. The Morgan fingerprint density at radius 2 is 2.18 bits per heavy atom. The molecule has 3 rings (SSSR count). The van der Waals surface area contributed by atoms with E-state index < -0.39 is 0 Å². The number of nitrogens with zero attached hydrogens (tertiary/aromatic N) is 3. The van der Waals surface area contributed by atoms with E-state index in [1.807, 2.05) is 24.3 Å². The van der Waals surface area contributed by atoms with Crippen molar-refractivity contribution in [2.24, 2.45) is 0 Å². The molecule has 2 N–H and O–H groups in total. The number of hydrogen-bond acceptors (Lipinski definition) is 6. The van der Waals surface area contributed by atoms with Crippen LogP contribution in [0.25, 0.3) is 11.5 Å². The molecule has 1 atom stereocenters. The molecule has 1 aromatic carbocycles. The molecule has 1 unspecified atom stereocenters. The number of carbonyl (C=O) groups excluding carboxylic acids is 1. The maximum absolute atomic E-state index is 11.0. The van der Waals surface area contributed by atoms with Gasteiger partial charge in [0.25, 0.3) is 5.89 Å². The van der Waals surface area contributed by atoms with Crippen LogP contribution in [0.5, 0.6) is 0 Å². The molecule has 1 aromatic heterocycles. The van der Waals surface area contributed by atoms with Crippen molar-refractivity contribution in [1.29, 1.82) is 0 Å². The van der Waals surface area contributed by atoms with Crippen LogP contribution in [-0.4, -0.2) is 47.6 Å². The smallest absolute Gasteiger partial charge is 0.257 e. The van der Waals surface area contributed by atoms with Crippen LogP contribution in [0.15, 0.2) is 28.8 Å². The predicted octanol–water partition coefficient (Wildman–Crippen LogP) is 1.27. The lowest BCUT2D eigenvalue weighted by Gasteiger charge is -2.30. The van der Waals surface area contributed by atoms with Gasteiger partial charge in [0, 0.05) is 37.8 Å². The molecular weight excluding hydrogens is 282 g/mol. The summed E-state index contributed by atoms with van der Waals surface area (Å²) in [5.74, 6) is 1.08. The van der Waals surface area contributed by atoms with Gasteiger partial charge in [-0.1, -0.05) is 5.16 Å². The Morgan fingerprint density at radius 3 is 2.86 bits per heavy atom. The number of piperazine rings is 1. The third-order valence-electron chi connectivity index (χ3n) is 3.70. The maximum atomic E-state index is 11.0. The Hall–Kier alpha value is -2.25. The van der Waals surface area contributed by atoms with Crippen LogP contribution in [-0.2, 0) is 4.79 Å². The second kappa shape index (κ2) is 6.25. The van der Waals surface area contributed by atoms with Crippen LogP contribution in [0.1, 0.15) is 18.8 Å². The van der Waals surface area contributed by atoms with E-state index in [1.54, 1.807) is 0 Å². The summed E-state index contributed by atoms with van der Waals surface area (Å²) in [7, 11) is 2.06. The van der Waals surface area contributed by atoms with Crippen LogP contribution in [0.4, 0.5) is 5.69 Å². The summed E-state index contributed by atoms with van der Waals surface area (Å²) in [6.07, 6.45) is 0. The molecule has 7 heteroatoms. The SMILES string of the molecule is CC(=O)Nc1ccc(-c2nc(C3CNCCN3C)no2)cc1. The van der Waals surface area contributed by atoms with E-state index in [1.165, 1.54) is 6.92 Å². The number of hydrogen-bond donors (Lipinski definition) is 2. The average Bonchev–Trinajstić information content (AvgIpc) is 2.97. The van der Waals surface area contributed by atoms with Crippen LogP contribution in [0.2, 0.25) is 0 Å². The molecule has 116 valence electrons. The normalized spacial score (nSPS) is 19.1. The van der Waals surface area contributed by atoms with E-state index in [4.69, 9.17) is 4.52 Å². The minimum Gasteiger partial charge on any atom is -0.334 e. The number of rotatable bonds is 3. The number of nitrogens with one attached hydrogen (secondary N) is 2. The zero-order valence-corrected chi connectivity index (χ0v) is 12.7. The molecule has 0 bridgehead atoms. The summed E-state index contributed by atoms with van der Waals surface area (Å²) < 4.78 is 5.37. The molecule has 2 heterocycles. The summed E-state index contributed by atoms with van der Waals surface area (Å²) in [5.41, 5.74) is 1.58. The third kappa shape index (κ3) is 3.15. The first kappa shape index (κ1) is 14.7. The lowest BCUT2D eigenvalue weighted by Crippen LogP contribution is -2.44. The van der Waals surface area contributed by atoms with Crippen molar-refractivity contribution in [2.45, 2.75) is 13.0 Å². The first-order valence-corrected chi connectivity index (χ1v) is 7.26. The van der Waals surface area contributed by atoms with Crippen LogP contribution < -0.4 is 10.6 Å². The molecule has 1 amide bonds. The van der Waals surface area contributed by atoms with Gasteiger partial charge in [0.15, 0.2) is 5.82 Å². The molecule has 7 nitrogen and oxygen atoms in total. The van der Waals surface area contributed by atoms with E-state index >= 15 is 0 Å². The van der Waals surface area contributed by atoms with Crippen LogP contribution in [0, 0.1) is 0 Å². The molecular formula is C15H19N5O2. The second-order valence-corrected chi connectivity index (χ2v) is 5.42. The van der Waals surface area contributed by atoms with Gasteiger partial charge in [-0.2, -0.15) is 4.98 Å². The predicted molar refractivity (Wildman–Crippen MR) is 82.3 cm³/mol. The van der Waals surface area contributed by atoms with Crippen molar-refractivity contribution in [3.05, 3.63) is 30.1 Å². The topological polar surface area (TPSA) is 83.3 Å². The highest BCUT2D eigenvalue weighted by Gasteiger charge is 2.25. The lowest BCUT2D eigenvalue weighted by molar-refractivity contribution is -0.114. The van der Waals surface area contributed by atoms with Gasteiger partial charge in [0.1, 0.15) is 0 Å². The molecule has 1 aliphatic heterocycles. The summed E-state index contributed by atoms with van der Waals surface area (Å²) in [4.78, 5) is 17.7. The van der Waals surface area contributed by atoms with Crippen LogP contribution in [0.3, 0.4) is 0 Å². The van der Waals surface area contributed by atoms with E-state index in [0.717, 1.165) is 30.9 Å². The van der Waals surface area contributed by atoms with E-state index in [0.29, 0.717) is 11.7 Å². The third-order valence-corrected chi connectivity index (χ3v) is 3.70. The Morgan fingerprint density at radius 1 is 1.41 bits per heavy atom. The fraction of sp³-hybridized carbons (Fsp3) is 0.400. The minimum absolute atomic E-state index is 0.0966. The first-order chi connectivity index (χ1) is 10.6. The fourth-order valence-corrected chi connectivity index (χ4v) is 2.48. The first-order valence-electron chi connectivity index (χ1n) is 7.26. The summed E-state index contributed by atoms with van der Waals surface area (Å²) in [6, 6.07) is 7.46. The van der Waals surface area contributed by atoms with Gasteiger partial charge in [-0.05, 0) is 31.3 Å². The van der Waals surface area contributed by atoms with Gasteiger partial charge < -0.3 is 15.2 Å². The number of aromatic nitrogens is 2. The molecule has 0 saturated carbocycles. The number of carbonyl (C=O) groups is 1. The Balaban J connectivity index is 1.77. The van der Waals surface area contributed by atoms with Gasteiger partial charge >= 0.3 is 0 Å². The zero-order chi connectivity index (χ0) is 15.5. The van der Waals surface area contributed by atoms with Crippen molar-refractivity contribution < 1.29 is 9.32 Å². The fourth-order valence-electron chi connectivity index (χ4n) is 2.48. The van der Waals surface area contributed by atoms with E-state index in [9.17, 15) is 4.79 Å². The number of benzene rings is 1. The van der Waals surface area contributed by atoms with Crippen molar-refractivity contribution in [2.75, 3.05) is 32.0 Å². The quantitative estimate of drug-likeness (QED) is 0.888. The molecule has 1 fully saturated rings. The number of likely N-dealkylation sites (N-methyl/N-ethyl adjacent to an activating group) is 1. The summed E-state index contributed by atoms with van der Waals surface area (Å²) >= 11 is 0. The van der Waals surface area contributed by atoms with Crippen molar-refractivity contribution in [1.82, 2.24) is 20.4 Å². The molecule has 1 aliphatic rings. The molecule has 0 radical (unpaired) electrons. The molecule has 2 aromatic rings. The van der Waals surface area contributed by atoms with Crippen molar-refractivity contribution >= 4 is 11.6 Å². The highest BCUT2D eigenvalue weighted by molar-refractivity contribution is 5.88. The van der Waals surface area contributed by atoms with Gasteiger partial charge in [0.2, 0.25) is 5.91 Å². The number of amides is 1. The zero-order valence-electron chi connectivity index (χ0n) is 12.7.